The van der Waals surface area contributed by atoms with E-state index in [2.05, 4.69) is 10.2 Å². The molecule has 2 fully saturated rings. The molecule has 0 aliphatic carbocycles. The minimum atomic E-state index is -0.917. The van der Waals surface area contributed by atoms with Gasteiger partial charge in [0.15, 0.2) is 0 Å². The van der Waals surface area contributed by atoms with Crippen molar-refractivity contribution in [1.29, 1.82) is 0 Å². The molecule has 0 saturated carbocycles. The summed E-state index contributed by atoms with van der Waals surface area (Å²) in [4.78, 5) is 14.8. The van der Waals surface area contributed by atoms with Gasteiger partial charge >= 0.3 is 0 Å². The molecule has 2 saturated heterocycles. The number of para-hydroxylation sites is 1. The zero-order valence-electron chi connectivity index (χ0n) is 15.6. The van der Waals surface area contributed by atoms with Gasteiger partial charge in [-0.3, -0.25) is 9.69 Å². The lowest BCUT2D eigenvalue weighted by molar-refractivity contribution is -0.126. The van der Waals surface area contributed by atoms with Gasteiger partial charge in [0.1, 0.15) is 17.1 Å². The van der Waals surface area contributed by atoms with Crippen molar-refractivity contribution in [3.8, 4) is 5.75 Å². The highest BCUT2D eigenvalue weighted by atomic mass is 16.5. The van der Waals surface area contributed by atoms with E-state index in [9.17, 15) is 9.90 Å². The lowest BCUT2D eigenvalue weighted by Crippen LogP contribution is -2.52. The summed E-state index contributed by atoms with van der Waals surface area (Å²) in [5.74, 6) is 1.42. The summed E-state index contributed by atoms with van der Waals surface area (Å²) in [6.07, 6.45) is 4.83. The van der Waals surface area contributed by atoms with Crippen molar-refractivity contribution in [3.63, 3.8) is 0 Å². The standard InChI is InChI=1S/C21H26N2O4/c1-26-18-6-3-2-5-15(18)13-22-20(24)14-23-16-8-9-17(23)12-21(25,11-16)19-7-4-10-27-19/h2-7,10,16-17,25H,8-9,11-14H2,1H3,(H,22,24)/t16-,17+,21?. The monoisotopic (exact) mass is 370 g/mol. The van der Waals surface area contributed by atoms with Crippen LogP contribution >= 0.6 is 0 Å². The van der Waals surface area contributed by atoms with Crippen LogP contribution in [0.15, 0.2) is 47.1 Å². The van der Waals surface area contributed by atoms with Crippen LogP contribution in [0.5, 0.6) is 5.75 Å². The SMILES string of the molecule is COc1ccccc1CNC(=O)CN1[C@@H]2CC[C@H]1CC(O)(c1ccco1)C2. The summed E-state index contributed by atoms with van der Waals surface area (Å²) >= 11 is 0. The minimum absolute atomic E-state index is 0.00115. The highest BCUT2D eigenvalue weighted by Gasteiger charge is 2.49. The van der Waals surface area contributed by atoms with E-state index in [1.54, 1.807) is 13.4 Å². The maximum atomic E-state index is 12.5. The Hall–Kier alpha value is -2.31. The maximum absolute atomic E-state index is 12.5. The fourth-order valence-electron chi connectivity index (χ4n) is 4.58. The lowest BCUT2D eigenvalue weighted by Gasteiger charge is -2.42. The Morgan fingerprint density at radius 2 is 2.00 bits per heavy atom. The van der Waals surface area contributed by atoms with Crippen LogP contribution in [0, 0.1) is 0 Å². The van der Waals surface area contributed by atoms with Crippen LogP contribution in [0.25, 0.3) is 0 Å². The first-order chi connectivity index (χ1) is 13.1. The second kappa shape index (κ2) is 7.37. The Bertz CT molecular complexity index is 775. The number of carbonyl (C=O) groups excluding carboxylic acids is 1. The van der Waals surface area contributed by atoms with Gasteiger partial charge < -0.3 is 19.6 Å². The molecule has 144 valence electrons. The number of amides is 1. The van der Waals surface area contributed by atoms with Crippen molar-refractivity contribution in [1.82, 2.24) is 10.2 Å². The highest BCUT2D eigenvalue weighted by Crippen LogP contribution is 2.45. The van der Waals surface area contributed by atoms with Crippen LogP contribution in [0.4, 0.5) is 0 Å². The fourth-order valence-corrected chi connectivity index (χ4v) is 4.58. The molecule has 3 atom stereocenters. The summed E-state index contributed by atoms with van der Waals surface area (Å²) in [6.45, 7) is 0.807. The van der Waals surface area contributed by atoms with Gasteiger partial charge in [-0.1, -0.05) is 18.2 Å². The quantitative estimate of drug-likeness (QED) is 0.817. The largest absolute Gasteiger partial charge is 0.496 e. The predicted octanol–water partition coefficient (Wildman–Crippen LogP) is 2.42. The number of benzene rings is 1. The number of hydrogen-bond donors (Lipinski definition) is 2. The number of methoxy groups -OCH3 is 1. The van der Waals surface area contributed by atoms with E-state index in [1.165, 1.54) is 0 Å². The number of aliphatic hydroxyl groups is 1. The van der Waals surface area contributed by atoms with Gasteiger partial charge in [-0.15, -0.1) is 0 Å². The summed E-state index contributed by atoms with van der Waals surface area (Å²) in [7, 11) is 1.63. The molecule has 6 heteroatoms. The van der Waals surface area contributed by atoms with E-state index in [0.717, 1.165) is 24.2 Å². The summed E-state index contributed by atoms with van der Waals surface area (Å²) in [5, 5.41) is 14.0. The van der Waals surface area contributed by atoms with E-state index < -0.39 is 5.60 Å². The molecule has 2 N–H and O–H groups in total. The first-order valence-electron chi connectivity index (χ1n) is 9.50. The lowest BCUT2D eigenvalue weighted by atomic mass is 9.84. The number of furan rings is 1. The molecule has 3 heterocycles. The number of nitrogens with one attached hydrogen (secondary N) is 1. The van der Waals surface area contributed by atoms with Gasteiger partial charge in [0.2, 0.25) is 5.91 Å². The van der Waals surface area contributed by atoms with Crippen LogP contribution in [0.1, 0.15) is 37.0 Å². The number of nitrogens with zero attached hydrogens (tertiary/aromatic N) is 1. The molecule has 0 radical (unpaired) electrons. The molecule has 4 rings (SSSR count). The smallest absolute Gasteiger partial charge is 0.234 e. The molecule has 2 bridgehead atoms. The third-order valence-corrected chi connectivity index (χ3v) is 5.89. The second-order valence-corrected chi connectivity index (χ2v) is 7.56. The third-order valence-electron chi connectivity index (χ3n) is 5.89. The maximum Gasteiger partial charge on any atom is 0.234 e. The fraction of sp³-hybridized carbons (Fsp3) is 0.476. The van der Waals surface area contributed by atoms with Crippen molar-refractivity contribution in [2.75, 3.05) is 13.7 Å². The molecule has 1 aromatic carbocycles. The summed E-state index contributed by atoms with van der Waals surface area (Å²) in [5.41, 5.74) is 0.0434. The van der Waals surface area contributed by atoms with E-state index in [1.807, 2.05) is 36.4 Å². The van der Waals surface area contributed by atoms with Crippen molar-refractivity contribution >= 4 is 5.91 Å². The molecule has 2 aliphatic heterocycles. The molecule has 1 unspecified atom stereocenters. The van der Waals surface area contributed by atoms with Crippen molar-refractivity contribution in [2.24, 2.45) is 0 Å². The number of fused-ring (bicyclic) bond motifs is 2. The van der Waals surface area contributed by atoms with Gasteiger partial charge in [-0.05, 0) is 43.9 Å². The van der Waals surface area contributed by atoms with Gasteiger partial charge in [-0.2, -0.15) is 0 Å². The van der Waals surface area contributed by atoms with Gasteiger partial charge in [0.05, 0.1) is 19.9 Å². The molecule has 6 nitrogen and oxygen atoms in total. The molecule has 27 heavy (non-hydrogen) atoms. The Morgan fingerprint density at radius 1 is 1.26 bits per heavy atom. The highest BCUT2D eigenvalue weighted by molar-refractivity contribution is 5.78. The molecular weight excluding hydrogens is 344 g/mol. The summed E-state index contributed by atoms with van der Waals surface area (Å²) < 4.78 is 10.8. The number of carbonyl (C=O) groups is 1. The number of rotatable bonds is 6. The first kappa shape index (κ1) is 18.1. The number of hydrogen-bond acceptors (Lipinski definition) is 5. The number of ether oxygens (including phenoxy) is 1. The first-order valence-corrected chi connectivity index (χ1v) is 9.50. The molecule has 1 aromatic heterocycles. The zero-order chi connectivity index (χ0) is 18.9. The van der Waals surface area contributed by atoms with Crippen molar-refractivity contribution in [3.05, 3.63) is 54.0 Å². The molecule has 2 aromatic rings. The van der Waals surface area contributed by atoms with Crippen LogP contribution in [0.3, 0.4) is 0 Å². The Labute approximate surface area is 159 Å². The average molecular weight is 370 g/mol. The molecular formula is C21H26N2O4. The Kier molecular flexibility index (Phi) is 4.93. The van der Waals surface area contributed by atoms with Crippen LogP contribution in [-0.2, 0) is 16.9 Å². The van der Waals surface area contributed by atoms with Gasteiger partial charge in [0.25, 0.3) is 0 Å². The Morgan fingerprint density at radius 3 is 2.67 bits per heavy atom. The van der Waals surface area contributed by atoms with Crippen LogP contribution in [-0.4, -0.2) is 41.7 Å². The van der Waals surface area contributed by atoms with Crippen LogP contribution in [0.2, 0.25) is 0 Å². The number of piperidine rings is 1. The topological polar surface area (TPSA) is 74.9 Å². The normalized spacial score (nSPS) is 27.5. The molecule has 2 aliphatic rings. The van der Waals surface area contributed by atoms with Gasteiger partial charge in [-0.25, -0.2) is 0 Å². The third kappa shape index (κ3) is 3.59. The zero-order valence-corrected chi connectivity index (χ0v) is 15.6. The van der Waals surface area contributed by atoms with Gasteiger partial charge in [0, 0.05) is 24.2 Å². The predicted molar refractivity (Wildman–Crippen MR) is 100 cm³/mol. The van der Waals surface area contributed by atoms with E-state index >= 15 is 0 Å². The average Bonchev–Trinajstić information content (AvgIpc) is 3.29. The minimum Gasteiger partial charge on any atom is -0.496 e. The van der Waals surface area contributed by atoms with Crippen molar-refractivity contribution < 1.29 is 19.1 Å². The van der Waals surface area contributed by atoms with E-state index in [0.29, 0.717) is 31.7 Å². The Balaban J connectivity index is 1.36. The van der Waals surface area contributed by atoms with E-state index in [4.69, 9.17) is 9.15 Å². The van der Waals surface area contributed by atoms with E-state index in [-0.39, 0.29) is 18.0 Å². The summed E-state index contributed by atoms with van der Waals surface area (Å²) in [6, 6.07) is 11.8. The van der Waals surface area contributed by atoms with Crippen LogP contribution < -0.4 is 10.1 Å². The molecule has 0 spiro atoms. The van der Waals surface area contributed by atoms with Crippen molar-refractivity contribution in [2.45, 2.75) is 49.9 Å². The second-order valence-electron chi connectivity index (χ2n) is 7.56. The molecule has 1 amide bonds.